The average Bonchev–Trinajstić information content (AvgIpc) is 3.03. The summed E-state index contributed by atoms with van der Waals surface area (Å²) in [5.41, 5.74) is 4.11. The van der Waals surface area contributed by atoms with Gasteiger partial charge in [-0.15, -0.1) is 0 Å². The number of benzene rings is 1. The van der Waals surface area contributed by atoms with Gasteiger partial charge in [0, 0.05) is 18.1 Å². The number of aryl methyl sites for hydroxylation is 2. The molecule has 1 heterocycles. The quantitative estimate of drug-likeness (QED) is 0.855. The van der Waals surface area contributed by atoms with Crippen LogP contribution in [0.3, 0.4) is 0 Å². The highest BCUT2D eigenvalue weighted by molar-refractivity contribution is 6.39. The molecule has 0 saturated carbocycles. The molecule has 0 bridgehead atoms. The number of amides is 2. The minimum atomic E-state index is -0.654. The van der Waals surface area contributed by atoms with Crippen LogP contribution in [0.2, 0.25) is 0 Å². The fraction of sp³-hybridized carbons (Fsp3) is 0.278. The molecule has 0 aliphatic heterocycles. The maximum atomic E-state index is 12.0. The highest BCUT2D eigenvalue weighted by atomic mass is 16.2. The number of nitrogens with zero attached hydrogens (tertiary/aromatic N) is 1. The molecule has 0 spiro atoms. The summed E-state index contributed by atoms with van der Waals surface area (Å²) in [5.74, 6) is -1.31. The molecule has 0 unspecified atom stereocenters. The van der Waals surface area contributed by atoms with Gasteiger partial charge in [-0.05, 0) is 61.1 Å². The minimum absolute atomic E-state index is 0.276. The molecule has 3 rings (SSSR count). The number of pyridine rings is 1. The Morgan fingerprint density at radius 2 is 1.96 bits per heavy atom. The number of nitrogens with one attached hydrogen (secondary N) is 2. The summed E-state index contributed by atoms with van der Waals surface area (Å²) in [5, 5.41) is 5.34. The molecule has 1 atom stereocenters. The monoisotopic (exact) mass is 309 g/mol. The molecule has 0 saturated heterocycles. The summed E-state index contributed by atoms with van der Waals surface area (Å²) in [6.07, 6.45) is 6.60. The molecule has 1 aromatic heterocycles. The molecule has 1 aliphatic carbocycles. The topological polar surface area (TPSA) is 71.1 Å². The second-order valence-electron chi connectivity index (χ2n) is 5.77. The van der Waals surface area contributed by atoms with Crippen molar-refractivity contribution in [2.45, 2.75) is 32.2 Å². The Morgan fingerprint density at radius 1 is 1.13 bits per heavy atom. The van der Waals surface area contributed by atoms with Gasteiger partial charge in [0.15, 0.2) is 0 Å². The van der Waals surface area contributed by atoms with Crippen LogP contribution < -0.4 is 10.6 Å². The van der Waals surface area contributed by atoms with Gasteiger partial charge in [-0.3, -0.25) is 14.6 Å². The first-order chi connectivity index (χ1) is 11.1. The smallest absolute Gasteiger partial charge is 0.313 e. The van der Waals surface area contributed by atoms with Gasteiger partial charge in [0.05, 0.1) is 6.04 Å². The summed E-state index contributed by atoms with van der Waals surface area (Å²) in [6.45, 7) is 1.82. The van der Waals surface area contributed by atoms with E-state index in [1.54, 1.807) is 18.5 Å². The van der Waals surface area contributed by atoms with E-state index in [1.165, 1.54) is 11.1 Å². The van der Waals surface area contributed by atoms with Crippen LogP contribution in [0.4, 0.5) is 5.69 Å². The van der Waals surface area contributed by atoms with Crippen molar-refractivity contribution in [3.63, 3.8) is 0 Å². The van der Waals surface area contributed by atoms with E-state index in [-0.39, 0.29) is 6.04 Å². The molecule has 2 aromatic rings. The Bertz CT molecular complexity index is 728. The first kappa shape index (κ1) is 15.2. The Labute approximate surface area is 135 Å². The molecule has 0 radical (unpaired) electrons. The van der Waals surface area contributed by atoms with Crippen LogP contribution in [0, 0.1) is 0 Å². The molecule has 5 heteroatoms. The van der Waals surface area contributed by atoms with Crippen molar-refractivity contribution in [1.82, 2.24) is 10.3 Å². The van der Waals surface area contributed by atoms with Gasteiger partial charge in [0.1, 0.15) is 0 Å². The van der Waals surface area contributed by atoms with Gasteiger partial charge < -0.3 is 10.6 Å². The molecule has 1 aromatic carbocycles. The van der Waals surface area contributed by atoms with Crippen molar-refractivity contribution in [3.05, 3.63) is 59.4 Å². The van der Waals surface area contributed by atoms with E-state index in [9.17, 15) is 9.59 Å². The summed E-state index contributed by atoms with van der Waals surface area (Å²) in [7, 11) is 0. The van der Waals surface area contributed by atoms with Crippen LogP contribution in [-0.2, 0) is 22.4 Å². The molecule has 118 valence electrons. The van der Waals surface area contributed by atoms with E-state index in [2.05, 4.69) is 15.6 Å². The number of hydrogen-bond donors (Lipinski definition) is 2. The van der Waals surface area contributed by atoms with Gasteiger partial charge in [-0.1, -0.05) is 12.1 Å². The molecule has 2 N–H and O–H groups in total. The van der Waals surface area contributed by atoms with Crippen molar-refractivity contribution < 1.29 is 9.59 Å². The lowest BCUT2D eigenvalue weighted by atomic mass is 10.1. The second kappa shape index (κ2) is 6.60. The van der Waals surface area contributed by atoms with Crippen molar-refractivity contribution in [1.29, 1.82) is 0 Å². The number of anilines is 1. The third-order valence-corrected chi connectivity index (χ3v) is 4.09. The van der Waals surface area contributed by atoms with Gasteiger partial charge in [-0.25, -0.2) is 0 Å². The van der Waals surface area contributed by atoms with Crippen molar-refractivity contribution >= 4 is 17.5 Å². The lowest BCUT2D eigenvalue weighted by Crippen LogP contribution is -2.36. The van der Waals surface area contributed by atoms with Gasteiger partial charge in [0.25, 0.3) is 0 Å². The predicted molar refractivity (Wildman–Crippen MR) is 87.9 cm³/mol. The number of fused-ring (bicyclic) bond motifs is 1. The summed E-state index contributed by atoms with van der Waals surface area (Å²) < 4.78 is 0. The van der Waals surface area contributed by atoms with E-state index in [4.69, 9.17) is 0 Å². The maximum absolute atomic E-state index is 12.0. The molecule has 1 aliphatic rings. The molecule has 0 fully saturated rings. The Balaban J connectivity index is 1.60. The number of rotatable bonds is 3. The standard InChI is InChI=1S/C18H19N3O2/c1-12(15-6-3-9-19-11-15)20-17(22)18(23)21-16-8-7-13-4-2-5-14(13)10-16/h3,6-12H,2,4-5H2,1H3,(H,20,22)(H,21,23)/t12-/m1/s1. The summed E-state index contributed by atoms with van der Waals surface area (Å²) >= 11 is 0. The van der Waals surface area contributed by atoms with Crippen LogP contribution in [0.25, 0.3) is 0 Å². The number of hydrogen-bond acceptors (Lipinski definition) is 3. The van der Waals surface area contributed by atoms with Gasteiger partial charge >= 0.3 is 11.8 Å². The number of carbonyl (C=O) groups excluding carboxylic acids is 2. The van der Waals surface area contributed by atoms with Crippen molar-refractivity contribution in [2.24, 2.45) is 0 Å². The van der Waals surface area contributed by atoms with Crippen LogP contribution in [0.15, 0.2) is 42.7 Å². The van der Waals surface area contributed by atoms with Crippen LogP contribution in [-0.4, -0.2) is 16.8 Å². The minimum Gasteiger partial charge on any atom is -0.341 e. The fourth-order valence-corrected chi connectivity index (χ4v) is 2.82. The van der Waals surface area contributed by atoms with E-state index in [0.717, 1.165) is 24.8 Å². The van der Waals surface area contributed by atoms with E-state index in [0.29, 0.717) is 5.69 Å². The number of aromatic nitrogens is 1. The lowest BCUT2D eigenvalue weighted by Gasteiger charge is -2.14. The van der Waals surface area contributed by atoms with Crippen LogP contribution in [0.1, 0.15) is 36.1 Å². The zero-order valence-corrected chi connectivity index (χ0v) is 13.0. The van der Waals surface area contributed by atoms with E-state index < -0.39 is 11.8 Å². The first-order valence-electron chi connectivity index (χ1n) is 7.77. The third-order valence-electron chi connectivity index (χ3n) is 4.09. The molecule has 23 heavy (non-hydrogen) atoms. The zero-order valence-electron chi connectivity index (χ0n) is 13.0. The molecule has 2 amide bonds. The SMILES string of the molecule is C[C@@H](NC(=O)C(=O)Nc1ccc2c(c1)CCC2)c1cccnc1. The largest absolute Gasteiger partial charge is 0.341 e. The first-order valence-corrected chi connectivity index (χ1v) is 7.77. The van der Waals surface area contributed by atoms with Gasteiger partial charge in [0.2, 0.25) is 0 Å². The van der Waals surface area contributed by atoms with E-state index in [1.807, 2.05) is 31.2 Å². The van der Waals surface area contributed by atoms with Crippen LogP contribution >= 0.6 is 0 Å². The Kier molecular flexibility index (Phi) is 4.37. The average molecular weight is 309 g/mol. The Morgan fingerprint density at radius 3 is 2.74 bits per heavy atom. The second-order valence-corrected chi connectivity index (χ2v) is 5.77. The van der Waals surface area contributed by atoms with Crippen molar-refractivity contribution in [2.75, 3.05) is 5.32 Å². The maximum Gasteiger partial charge on any atom is 0.313 e. The predicted octanol–water partition coefficient (Wildman–Crippen LogP) is 2.39. The lowest BCUT2D eigenvalue weighted by molar-refractivity contribution is -0.136. The Hall–Kier alpha value is -2.69. The number of carbonyl (C=O) groups is 2. The van der Waals surface area contributed by atoms with E-state index >= 15 is 0 Å². The summed E-state index contributed by atoms with van der Waals surface area (Å²) in [6, 6.07) is 9.20. The highest BCUT2D eigenvalue weighted by Crippen LogP contribution is 2.24. The summed E-state index contributed by atoms with van der Waals surface area (Å²) in [4.78, 5) is 28.1. The third kappa shape index (κ3) is 3.56. The van der Waals surface area contributed by atoms with Crippen molar-refractivity contribution in [3.8, 4) is 0 Å². The molecular formula is C18H19N3O2. The highest BCUT2D eigenvalue weighted by Gasteiger charge is 2.18. The van der Waals surface area contributed by atoms with Crippen LogP contribution in [0.5, 0.6) is 0 Å². The zero-order chi connectivity index (χ0) is 16.2. The fourth-order valence-electron chi connectivity index (χ4n) is 2.82. The normalized spacial score (nSPS) is 14.0. The molecular weight excluding hydrogens is 290 g/mol. The molecule has 5 nitrogen and oxygen atoms in total. The van der Waals surface area contributed by atoms with Gasteiger partial charge in [-0.2, -0.15) is 0 Å².